The summed E-state index contributed by atoms with van der Waals surface area (Å²) in [4.78, 5) is 36.9. The van der Waals surface area contributed by atoms with Crippen LogP contribution < -0.4 is 16.4 Å². The number of carboxylic acids is 1. The average molecular weight is 484 g/mol. The van der Waals surface area contributed by atoms with Gasteiger partial charge in [0.15, 0.2) is 0 Å². The molecule has 0 aliphatic rings. The molecule has 1 aromatic rings. The molecule has 0 bridgehead atoms. The largest absolute Gasteiger partial charge is 0.480 e. The van der Waals surface area contributed by atoms with Crippen LogP contribution in [0.5, 0.6) is 0 Å². The summed E-state index contributed by atoms with van der Waals surface area (Å²) in [5, 5.41) is 15.2. The molecule has 0 aromatic heterocycles. The highest BCUT2D eigenvalue weighted by Crippen LogP contribution is 2.19. The lowest BCUT2D eigenvalue weighted by Crippen LogP contribution is -2.48. The second-order valence-corrected chi connectivity index (χ2v) is 9.64. The average Bonchev–Trinajstić information content (AvgIpc) is 2.77. The van der Waals surface area contributed by atoms with Crippen LogP contribution in [-0.2, 0) is 20.8 Å². The first kappa shape index (κ1) is 28.3. The van der Waals surface area contributed by atoms with Gasteiger partial charge in [0, 0.05) is 17.7 Å². The van der Waals surface area contributed by atoms with E-state index in [4.69, 9.17) is 5.73 Å². The summed E-state index contributed by atoms with van der Waals surface area (Å²) >= 11 is 5.62. The predicted octanol–water partition coefficient (Wildman–Crippen LogP) is 2.35. The Morgan fingerprint density at radius 1 is 1.06 bits per heavy atom. The molecular formula is C23H37N3O4S2. The van der Waals surface area contributed by atoms with Crippen molar-refractivity contribution in [1.29, 1.82) is 0 Å². The van der Waals surface area contributed by atoms with E-state index in [-0.39, 0.29) is 29.5 Å². The zero-order valence-corrected chi connectivity index (χ0v) is 20.8. The van der Waals surface area contributed by atoms with Crippen LogP contribution in [0.15, 0.2) is 30.3 Å². The van der Waals surface area contributed by atoms with Crippen LogP contribution in [-0.4, -0.2) is 58.8 Å². The summed E-state index contributed by atoms with van der Waals surface area (Å²) in [5.74, 6) is -0.923. The van der Waals surface area contributed by atoms with Crippen LogP contribution in [0.2, 0.25) is 0 Å². The Kier molecular flexibility index (Phi) is 13.4. The van der Waals surface area contributed by atoms with E-state index >= 15 is 0 Å². The summed E-state index contributed by atoms with van der Waals surface area (Å²) in [6.45, 7) is 4.01. The molecule has 0 aliphatic carbocycles. The van der Waals surface area contributed by atoms with Gasteiger partial charge in [0.25, 0.3) is 0 Å². The van der Waals surface area contributed by atoms with E-state index in [0.717, 1.165) is 5.56 Å². The Morgan fingerprint density at radius 2 is 1.72 bits per heavy atom. The topological polar surface area (TPSA) is 122 Å². The molecule has 7 nitrogen and oxygen atoms in total. The van der Waals surface area contributed by atoms with Gasteiger partial charge in [-0.3, -0.25) is 9.59 Å². The van der Waals surface area contributed by atoms with Crippen molar-refractivity contribution < 1.29 is 19.5 Å². The van der Waals surface area contributed by atoms with E-state index in [1.54, 1.807) is 11.8 Å². The highest BCUT2D eigenvalue weighted by molar-refractivity contribution is 7.98. The lowest BCUT2D eigenvalue weighted by Gasteiger charge is -2.26. The van der Waals surface area contributed by atoms with Gasteiger partial charge in [0.05, 0.1) is 6.04 Å². The van der Waals surface area contributed by atoms with E-state index in [0.29, 0.717) is 31.4 Å². The van der Waals surface area contributed by atoms with Gasteiger partial charge in [0.1, 0.15) is 6.04 Å². The Bertz CT molecular complexity index is 718. The van der Waals surface area contributed by atoms with E-state index in [2.05, 4.69) is 23.3 Å². The molecule has 9 heteroatoms. The highest BCUT2D eigenvalue weighted by atomic mass is 32.2. The monoisotopic (exact) mass is 483 g/mol. The van der Waals surface area contributed by atoms with Gasteiger partial charge < -0.3 is 21.5 Å². The number of benzene rings is 1. The maximum absolute atomic E-state index is 13.1. The zero-order valence-electron chi connectivity index (χ0n) is 19.1. The van der Waals surface area contributed by atoms with Crippen LogP contribution in [0.3, 0.4) is 0 Å². The number of nitrogens with one attached hydrogen (secondary N) is 2. The molecule has 5 N–H and O–H groups in total. The van der Waals surface area contributed by atoms with Crippen molar-refractivity contribution in [3.8, 4) is 0 Å². The Balaban J connectivity index is 2.93. The van der Waals surface area contributed by atoms with Gasteiger partial charge in [-0.05, 0) is 49.2 Å². The normalized spacial score (nSPS) is 14.9. The van der Waals surface area contributed by atoms with E-state index < -0.39 is 24.0 Å². The number of amides is 2. The first-order chi connectivity index (χ1) is 15.2. The second-order valence-electron chi connectivity index (χ2n) is 8.29. The van der Waals surface area contributed by atoms with Crippen molar-refractivity contribution in [2.24, 2.45) is 17.6 Å². The second kappa shape index (κ2) is 15.2. The molecular weight excluding hydrogens is 446 g/mol. The fraction of sp³-hybridized carbons (Fsp3) is 0.609. The third-order valence-corrected chi connectivity index (χ3v) is 6.45. The Morgan fingerprint density at radius 3 is 2.25 bits per heavy atom. The standard InChI is InChI=1S/C23H37N3O4S2/c1-15(2)19(25-22(28)18(24)14-31)10-9-17(13-16-7-5-4-6-8-16)21(27)26-20(23(29)30)11-12-32-3/h4-8,15,17-20,31H,9-14,24H2,1-3H3,(H,25,28)(H,26,27)(H,29,30)/t17-,18-,19+,20-/m0/s1. The van der Waals surface area contributed by atoms with Gasteiger partial charge in [-0.25, -0.2) is 4.79 Å². The van der Waals surface area contributed by atoms with Crippen LogP contribution in [0.4, 0.5) is 0 Å². The van der Waals surface area contributed by atoms with Crippen molar-refractivity contribution in [1.82, 2.24) is 10.6 Å². The fourth-order valence-electron chi connectivity index (χ4n) is 3.33. The van der Waals surface area contributed by atoms with Crippen molar-refractivity contribution in [3.05, 3.63) is 35.9 Å². The quantitative estimate of drug-likeness (QED) is 0.244. The van der Waals surface area contributed by atoms with Gasteiger partial charge in [-0.2, -0.15) is 24.4 Å². The molecule has 0 saturated heterocycles. The summed E-state index contributed by atoms with van der Waals surface area (Å²) in [5.41, 5.74) is 6.79. The predicted molar refractivity (Wildman–Crippen MR) is 134 cm³/mol. The number of aliphatic carboxylic acids is 1. The molecule has 1 aromatic carbocycles. The number of thioether (sulfide) groups is 1. The minimum Gasteiger partial charge on any atom is -0.480 e. The van der Waals surface area contributed by atoms with Crippen molar-refractivity contribution in [2.45, 2.75) is 57.7 Å². The highest BCUT2D eigenvalue weighted by Gasteiger charge is 2.27. The summed E-state index contributed by atoms with van der Waals surface area (Å²) < 4.78 is 0. The first-order valence-corrected chi connectivity index (χ1v) is 12.9. The Labute approximate surface area is 201 Å². The molecule has 32 heavy (non-hydrogen) atoms. The molecule has 0 aliphatic heterocycles. The number of carboxylic acid groups (broad SMARTS) is 1. The number of hydrogen-bond donors (Lipinski definition) is 5. The minimum atomic E-state index is -1.03. The van der Waals surface area contributed by atoms with Crippen LogP contribution in [0, 0.1) is 11.8 Å². The maximum atomic E-state index is 13.1. The van der Waals surface area contributed by atoms with E-state index in [1.807, 2.05) is 50.4 Å². The van der Waals surface area contributed by atoms with Crippen molar-refractivity contribution >= 4 is 42.2 Å². The fourth-order valence-corrected chi connectivity index (χ4v) is 3.97. The number of rotatable bonds is 15. The number of thiol groups is 1. The van der Waals surface area contributed by atoms with Crippen LogP contribution >= 0.6 is 24.4 Å². The molecule has 0 radical (unpaired) electrons. The van der Waals surface area contributed by atoms with E-state index in [9.17, 15) is 19.5 Å². The third kappa shape index (κ3) is 10.3. The molecule has 4 atom stereocenters. The number of nitrogens with two attached hydrogens (primary N) is 1. The van der Waals surface area contributed by atoms with Crippen molar-refractivity contribution in [3.63, 3.8) is 0 Å². The van der Waals surface area contributed by atoms with Gasteiger partial charge >= 0.3 is 5.97 Å². The molecule has 0 fully saturated rings. The molecule has 0 heterocycles. The van der Waals surface area contributed by atoms with E-state index in [1.165, 1.54) is 0 Å². The summed E-state index contributed by atoms with van der Waals surface area (Å²) in [7, 11) is 0. The molecule has 0 saturated carbocycles. The van der Waals surface area contributed by atoms with Crippen LogP contribution in [0.25, 0.3) is 0 Å². The number of hydrogen-bond acceptors (Lipinski definition) is 6. The summed E-state index contributed by atoms with van der Waals surface area (Å²) in [6.07, 6.45) is 3.85. The molecule has 1 rings (SSSR count). The molecule has 0 unspecified atom stereocenters. The van der Waals surface area contributed by atoms with Gasteiger partial charge in [0.2, 0.25) is 11.8 Å². The van der Waals surface area contributed by atoms with Gasteiger partial charge in [-0.1, -0.05) is 44.2 Å². The Hall–Kier alpha value is -1.71. The lowest BCUT2D eigenvalue weighted by molar-refractivity contribution is -0.142. The van der Waals surface area contributed by atoms with Crippen LogP contribution in [0.1, 0.15) is 38.7 Å². The summed E-state index contributed by atoms with van der Waals surface area (Å²) in [6, 6.07) is 7.91. The molecule has 0 spiro atoms. The SMILES string of the molecule is CSCC[C@H](NC(=O)[C@@H](CC[C@@H](NC(=O)[C@@H](N)CS)C(C)C)Cc1ccccc1)C(=O)O. The third-order valence-electron chi connectivity index (χ3n) is 5.41. The zero-order chi connectivity index (χ0) is 24.1. The smallest absolute Gasteiger partial charge is 0.326 e. The number of carbonyl (C=O) groups excluding carboxylic acids is 2. The molecule has 180 valence electrons. The maximum Gasteiger partial charge on any atom is 0.326 e. The van der Waals surface area contributed by atoms with Gasteiger partial charge in [-0.15, -0.1) is 0 Å². The number of carbonyl (C=O) groups is 3. The molecule has 2 amide bonds. The lowest BCUT2D eigenvalue weighted by atomic mass is 9.89. The minimum absolute atomic E-state index is 0.147. The van der Waals surface area contributed by atoms with Crippen molar-refractivity contribution in [2.75, 3.05) is 17.8 Å². The first-order valence-electron chi connectivity index (χ1n) is 10.9.